The molecular formula is C12H14N2. The van der Waals surface area contributed by atoms with Crippen LogP contribution in [0, 0.1) is 18.3 Å². The van der Waals surface area contributed by atoms with E-state index in [1.807, 2.05) is 19.1 Å². The van der Waals surface area contributed by atoms with Gasteiger partial charge in [-0.2, -0.15) is 5.26 Å². The van der Waals surface area contributed by atoms with Crippen LogP contribution in [0.2, 0.25) is 0 Å². The topological polar surface area (TPSA) is 35.8 Å². The molecule has 1 N–H and O–H groups in total. The first-order chi connectivity index (χ1) is 6.79. The van der Waals surface area contributed by atoms with Gasteiger partial charge in [0, 0.05) is 6.54 Å². The minimum atomic E-state index is 0.599. The molecule has 0 aromatic heterocycles. The van der Waals surface area contributed by atoms with Crippen molar-refractivity contribution >= 4 is 0 Å². The lowest BCUT2D eigenvalue weighted by atomic mass is 9.95. The molecule has 0 spiro atoms. The fraction of sp³-hybridized carbons (Fsp3) is 0.417. The molecule has 0 radical (unpaired) electrons. The van der Waals surface area contributed by atoms with Crippen molar-refractivity contribution in [2.45, 2.75) is 19.3 Å². The van der Waals surface area contributed by atoms with Gasteiger partial charge in [0.2, 0.25) is 0 Å². The zero-order valence-corrected chi connectivity index (χ0v) is 8.38. The number of hydrogen-bond acceptors (Lipinski definition) is 2. The van der Waals surface area contributed by atoms with Gasteiger partial charge >= 0.3 is 0 Å². The summed E-state index contributed by atoms with van der Waals surface area (Å²) in [6, 6.07) is 8.36. The molecule has 0 aliphatic carbocycles. The summed E-state index contributed by atoms with van der Waals surface area (Å²) < 4.78 is 0. The van der Waals surface area contributed by atoms with Crippen molar-refractivity contribution in [2.75, 3.05) is 13.1 Å². The average molecular weight is 186 g/mol. The molecule has 2 rings (SSSR count). The molecule has 1 saturated heterocycles. The predicted molar refractivity (Wildman–Crippen MR) is 56.1 cm³/mol. The van der Waals surface area contributed by atoms with Crippen LogP contribution in [-0.2, 0) is 0 Å². The van der Waals surface area contributed by atoms with Crippen LogP contribution in [0.1, 0.15) is 29.0 Å². The Balaban J connectivity index is 2.33. The van der Waals surface area contributed by atoms with Crippen LogP contribution in [0.4, 0.5) is 0 Å². The summed E-state index contributed by atoms with van der Waals surface area (Å²) in [5.41, 5.74) is 3.28. The molecule has 1 aromatic rings. The highest BCUT2D eigenvalue weighted by atomic mass is 14.9. The smallest absolute Gasteiger partial charge is 0.0991 e. The Morgan fingerprint density at radius 2 is 2.29 bits per heavy atom. The van der Waals surface area contributed by atoms with Gasteiger partial charge in [-0.25, -0.2) is 0 Å². The highest BCUT2D eigenvalue weighted by Gasteiger charge is 2.16. The van der Waals surface area contributed by atoms with Crippen LogP contribution >= 0.6 is 0 Å². The zero-order chi connectivity index (χ0) is 9.97. The van der Waals surface area contributed by atoms with Crippen molar-refractivity contribution in [1.29, 1.82) is 5.26 Å². The third-order valence-electron chi connectivity index (χ3n) is 2.76. The molecule has 0 amide bonds. The number of hydrogen-bond donors (Lipinski definition) is 1. The highest BCUT2D eigenvalue weighted by Crippen LogP contribution is 2.24. The van der Waals surface area contributed by atoms with Gasteiger partial charge in [-0.3, -0.25) is 0 Å². The normalized spacial score (nSPS) is 20.7. The quantitative estimate of drug-likeness (QED) is 0.727. The Kier molecular flexibility index (Phi) is 2.51. The third kappa shape index (κ3) is 1.78. The first-order valence-corrected chi connectivity index (χ1v) is 5.02. The van der Waals surface area contributed by atoms with Gasteiger partial charge in [0.25, 0.3) is 0 Å². The SMILES string of the molecule is Cc1cc(C#N)cc(C2CCNC2)c1. The van der Waals surface area contributed by atoms with Gasteiger partial charge in [-0.1, -0.05) is 6.07 Å². The minimum absolute atomic E-state index is 0.599. The van der Waals surface area contributed by atoms with Gasteiger partial charge in [-0.15, -0.1) is 0 Å². The maximum Gasteiger partial charge on any atom is 0.0991 e. The molecule has 1 heterocycles. The van der Waals surface area contributed by atoms with Crippen molar-refractivity contribution in [2.24, 2.45) is 0 Å². The van der Waals surface area contributed by atoms with Gasteiger partial charge in [0.15, 0.2) is 0 Å². The molecule has 1 aliphatic heterocycles. The number of nitriles is 1. The van der Waals surface area contributed by atoms with Crippen molar-refractivity contribution in [3.05, 3.63) is 34.9 Å². The molecule has 2 nitrogen and oxygen atoms in total. The molecule has 2 heteroatoms. The summed E-state index contributed by atoms with van der Waals surface area (Å²) in [7, 11) is 0. The first-order valence-electron chi connectivity index (χ1n) is 5.02. The van der Waals surface area contributed by atoms with Gasteiger partial charge < -0.3 is 5.32 Å². The van der Waals surface area contributed by atoms with Crippen LogP contribution in [0.5, 0.6) is 0 Å². The summed E-state index contributed by atoms with van der Waals surface area (Å²) in [6.45, 7) is 4.20. The van der Waals surface area contributed by atoms with Crippen LogP contribution in [0.3, 0.4) is 0 Å². The van der Waals surface area contributed by atoms with Crippen LogP contribution < -0.4 is 5.32 Å². The van der Waals surface area contributed by atoms with E-state index in [9.17, 15) is 0 Å². The van der Waals surface area contributed by atoms with Crippen LogP contribution in [0.15, 0.2) is 18.2 Å². The van der Waals surface area contributed by atoms with Gasteiger partial charge in [0.05, 0.1) is 11.6 Å². The van der Waals surface area contributed by atoms with Crippen LogP contribution in [-0.4, -0.2) is 13.1 Å². The minimum Gasteiger partial charge on any atom is -0.316 e. The largest absolute Gasteiger partial charge is 0.316 e. The molecule has 1 atom stereocenters. The van der Waals surface area contributed by atoms with Crippen molar-refractivity contribution < 1.29 is 0 Å². The highest BCUT2D eigenvalue weighted by molar-refractivity contribution is 5.38. The second-order valence-electron chi connectivity index (χ2n) is 3.93. The van der Waals surface area contributed by atoms with E-state index < -0.39 is 0 Å². The van der Waals surface area contributed by atoms with E-state index in [1.165, 1.54) is 17.5 Å². The van der Waals surface area contributed by atoms with E-state index in [2.05, 4.69) is 17.5 Å². The maximum absolute atomic E-state index is 8.86. The standard InChI is InChI=1S/C12H14N2/c1-9-4-10(7-13)6-12(5-9)11-2-3-14-8-11/h4-6,11,14H,2-3,8H2,1H3. The number of rotatable bonds is 1. The third-order valence-corrected chi connectivity index (χ3v) is 2.76. The van der Waals surface area contributed by atoms with E-state index >= 15 is 0 Å². The summed E-state index contributed by atoms with van der Waals surface area (Å²) in [6.07, 6.45) is 1.19. The Bertz CT molecular complexity index is 370. The number of aryl methyl sites for hydroxylation is 1. The number of nitrogens with zero attached hydrogens (tertiary/aromatic N) is 1. The Morgan fingerprint density at radius 3 is 2.93 bits per heavy atom. The molecule has 0 saturated carbocycles. The van der Waals surface area contributed by atoms with E-state index in [0.29, 0.717) is 5.92 Å². The fourth-order valence-electron chi connectivity index (χ4n) is 2.05. The average Bonchev–Trinajstić information content (AvgIpc) is 2.69. The lowest BCUT2D eigenvalue weighted by Gasteiger charge is -2.09. The van der Waals surface area contributed by atoms with Crippen molar-refractivity contribution in [3.8, 4) is 6.07 Å². The first kappa shape index (κ1) is 9.23. The van der Waals surface area contributed by atoms with Crippen LogP contribution in [0.25, 0.3) is 0 Å². The van der Waals surface area contributed by atoms with E-state index in [1.54, 1.807) is 0 Å². The molecule has 72 valence electrons. The van der Waals surface area contributed by atoms with Crippen molar-refractivity contribution in [3.63, 3.8) is 0 Å². The summed E-state index contributed by atoms with van der Waals surface area (Å²) >= 11 is 0. The number of nitrogens with one attached hydrogen (secondary N) is 1. The molecule has 14 heavy (non-hydrogen) atoms. The Hall–Kier alpha value is -1.33. The van der Waals surface area contributed by atoms with Gasteiger partial charge in [-0.05, 0) is 49.1 Å². The molecule has 0 bridgehead atoms. The molecule has 1 aliphatic rings. The van der Waals surface area contributed by atoms with Crippen molar-refractivity contribution in [1.82, 2.24) is 5.32 Å². The zero-order valence-electron chi connectivity index (χ0n) is 8.38. The Labute approximate surface area is 84.6 Å². The second kappa shape index (κ2) is 3.81. The summed E-state index contributed by atoms with van der Waals surface area (Å²) in [5, 5.41) is 12.2. The fourth-order valence-corrected chi connectivity index (χ4v) is 2.05. The molecule has 1 fully saturated rings. The van der Waals surface area contributed by atoms with Gasteiger partial charge in [0.1, 0.15) is 0 Å². The lowest BCUT2D eigenvalue weighted by Crippen LogP contribution is -2.08. The molecule has 1 unspecified atom stereocenters. The summed E-state index contributed by atoms with van der Waals surface area (Å²) in [5.74, 6) is 0.599. The van der Waals surface area contributed by atoms with E-state index in [0.717, 1.165) is 18.7 Å². The van der Waals surface area contributed by atoms with E-state index in [-0.39, 0.29) is 0 Å². The lowest BCUT2D eigenvalue weighted by molar-refractivity contribution is 0.762. The molecular weight excluding hydrogens is 172 g/mol. The second-order valence-corrected chi connectivity index (χ2v) is 3.93. The van der Waals surface area contributed by atoms with E-state index in [4.69, 9.17) is 5.26 Å². The maximum atomic E-state index is 8.86. The Morgan fingerprint density at radius 1 is 1.43 bits per heavy atom. The predicted octanol–water partition coefficient (Wildman–Crippen LogP) is 1.94. The molecule has 1 aromatic carbocycles. The number of benzene rings is 1. The monoisotopic (exact) mass is 186 g/mol. The summed E-state index contributed by atoms with van der Waals surface area (Å²) in [4.78, 5) is 0.